The molecule has 0 spiro atoms. The van der Waals surface area contributed by atoms with E-state index in [9.17, 15) is 9.18 Å². The van der Waals surface area contributed by atoms with Gasteiger partial charge in [-0.1, -0.05) is 6.07 Å². The van der Waals surface area contributed by atoms with Gasteiger partial charge in [-0.25, -0.2) is 9.18 Å². The second-order valence-corrected chi connectivity index (χ2v) is 3.85. The number of ether oxygens (including phenoxy) is 1. The Morgan fingerprint density at radius 1 is 1.47 bits per heavy atom. The van der Waals surface area contributed by atoms with Crippen molar-refractivity contribution >= 4 is 5.97 Å². The number of halogens is 1. The lowest BCUT2D eigenvalue weighted by Gasteiger charge is -2.00. The van der Waals surface area contributed by atoms with E-state index in [0.717, 1.165) is 5.56 Å². The normalized spacial score (nSPS) is 10.6. The zero-order valence-corrected chi connectivity index (χ0v) is 10.1. The highest BCUT2D eigenvalue weighted by Crippen LogP contribution is 2.23. The Kier molecular flexibility index (Phi) is 3.86. The molecule has 0 fully saturated rings. The molecule has 0 saturated heterocycles. The molecular weight excluding hydrogens is 255 g/mol. The lowest BCUT2D eigenvalue weighted by molar-refractivity contribution is -0.142. The molecule has 1 aromatic carbocycles. The number of hydrogen-bond donors (Lipinski definition) is 1. The van der Waals surface area contributed by atoms with Gasteiger partial charge in [0.2, 0.25) is 11.8 Å². The lowest BCUT2D eigenvalue weighted by Crippen LogP contribution is -2.06. The quantitative estimate of drug-likeness (QED) is 0.887. The summed E-state index contributed by atoms with van der Waals surface area (Å²) in [6.07, 6.45) is 0. The van der Waals surface area contributed by atoms with E-state index in [1.807, 2.05) is 0 Å². The molecule has 0 bridgehead atoms. The minimum Gasteiger partial charge on any atom is -0.480 e. The number of aliphatic carboxylic acids is 1. The van der Waals surface area contributed by atoms with Gasteiger partial charge in [0.15, 0.2) is 0 Å². The Bertz CT molecular complexity index is 597. The van der Waals surface area contributed by atoms with Crippen LogP contribution in [-0.2, 0) is 16.1 Å². The summed E-state index contributed by atoms with van der Waals surface area (Å²) in [5.74, 6) is -1.17. The van der Waals surface area contributed by atoms with Gasteiger partial charge in [-0.3, -0.25) is 0 Å². The predicted molar refractivity (Wildman–Crippen MR) is 61.7 cm³/mol. The maximum atomic E-state index is 13.2. The summed E-state index contributed by atoms with van der Waals surface area (Å²) < 4.78 is 23.2. The highest BCUT2D eigenvalue weighted by atomic mass is 19.1. The molecule has 0 aliphatic heterocycles. The van der Waals surface area contributed by atoms with E-state index in [4.69, 9.17) is 14.3 Å². The van der Waals surface area contributed by atoms with Gasteiger partial charge in [0, 0.05) is 5.56 Å². The van der Waals surface area contributed by atoms with Crippen LogP contribution >= 0.6 is 0 Å². The monoisotopic (exact) mass is 266 g/mol. The van der Waals surface area contributed by atoms with Crippen molar-refractivity contribution < 1.29 is 23.4 Å². The van der Waals surface area contributed by atoms with Crippen LogP contribution in [0.15, 0.2) is 22.6 Å². The van der Waals surface area contributed by atoms with Crippen LogP contribution < -0.4 is 0 Å². The highest BCUT2D eigenvalue weighted by molar-refractivity contribution is 5.67. The first kappa shape index (κ1) is 13.2. The molecule has 0 saturated carbocycles. The minimum atomic E-state index is -1.08. The fourth-order valence-electron chi connectivity index (χ4n) is 1.47. The molecule has 0 atom stereocenters. The van der Waals surface area contributed by atoms with Crippen LogP contribution in [0.25, 0.3) is 11.5 Å². The fourth-order valence-corrected chi connectivity index (χ4v) is 1.47. The molecule has 0 amide bonds. The van der Waals surface area contributed by atoms with Gasteiger partial charge in [0.25, 0.3) is 0 Å². The number of carbonyl (C=O) groups is 1. The topological polar surface area (TPSA) is 85.5 Å². The summed E-state index contributed by atoms with van der Waals surface area (Å²) in [5, 5.41) is 15.9. The standard InChI is InChI=1S/C12H11FN2O4/c1-7-2-3-8(13)4-9(7)12-15-14-10(19-12)5-18-6-11(16)17/h2-4H,5-6H2,1H3,(H,16,17). The van der Waals surface area contributed by atoms with Gasteiger partial charge < -0.3 is 14.3 Å². The molecule has 0 aliphatic carbocycles. The maximum Gasteiger partial charge on any atom is 0.329 e. The van der Waals surface area contributed by atoms with E-state index < -0.39 is 18.4 Å². The van der Waals surface area contributed by atoms with E-state index in [2.05, 4.69) is 10.2 Å². The summed E-state index contributed by atoms with van der Waals surface area (Å²) >= 11 is 0. The van der Waals surface area contributed by atoms with E-state index in [0.29, 0.717) is 5.56 Å². The maximum absolute atomic E-state index is 13.2. The highest BCUT2D eigenvalue weighted by Gasteiger charge is 2.12. The number of aromatic nitrogens is 2. The van der Waals surface area contributed by atoms with Gasteiger partial charge in [-0.15, -0.1) is 10.2 Å². The smallest absolute Gasteiger partial charge is 0.329 e. The molecule has 1 N–H and O–H groups in total. The Morgan fingerprint density at radius 2 is 2.26 bits per heavy atom. The zero-order chi connectivity index (χ0) is 13.8. The number of hydrogen-bond acceptors (Lipinski definition) is 5. The van der Waals surface area contributed by atoms with Crippen molar-refractivity contribution in [2.75, 3.05) is 6.61 Å². The van der Waals surface area contributed by atoms with E-state index in [1.165, 1.54) is 12.1 Å². The second kappa shape index (κ2) is 5.57. The van der Waals surface area contributed by atoms with Crippen molar-refractivity contribution in [1.29, 1.82) is 0 Å². The molecule has 2 rings (SSSR count). The van der Waals surface area contributed by atoms with Crippen molar-refractivity contribution in [3.63, 3.8) is 0 Å². The summed E-state index contributed by atoms with van der Waals surface area (Å²) in [4.78, 5) is 10.3. The van der Waals surface area contributed by atoms with Gasteiger partial charge in [-0.05, 0) is 24.6 Å². The van der Waals surface area contributed by atoms with Crippen LogP contribution in [0.2, 0.25) is 0 Å². The van der Waals surface area contributed by atoms with E-state index in [1.54, 1.807) is 13.0 Å². The number of benzene rings is 1. The largest absolute Gasteiger partial charge is 0.480 e. The predicted octanol–water partition coefficient (Wildman–Crippen LogP) is 1.79. The van der Waals surface area contributed by atoms with Crippen molar-refractivity contribution in [2.24, 2.45) is 0 Å². The van der Waals surface area contributed by atoms with Gasteiger partial charge in [-0.2, -0.15) is 0 Å². The lowest BCUT2D eigenvalue weighted by atomic mass is 10.1. The molecule has 100 valence electrons. The molecular formula is C12H11FN2O4. The number of carboxylic acids is 1. The van der Waals surface area contributed by atoms with E-state index in [-0.39, 0.29) is 18.4 Å². The van der Waals surface area contributed by atoms with Crippen LogP contribution in [-0.4, -0.2) is 27.9 Å². The molecule has 6 nitrogen and oxygen atoms in total. The first-order valence-electron chi connectivity index (χ1n) is 5.44. The average molecular weight is 266 g/mol. The fraction of sp³-hybridized carbons (Fsp3) is 0.250. The average Bonchev–Trinajstić information content (AvgIpc) is 2.80. The van der Waals surface area contributed by atoms with Crippen LogP contribution in [0.5, 0.6) is 0 Å². The summed E-state index contributed by atoms with van der Waals surface area (Å²) in [5.41, 5.74) is 1.29. The third-order valence-corrected chi connectivity index (χ3v) is 2.35. The van der Waals surface area contributed by atoms with Crippen molar-refractivity contribution in [3.05, 3.63) is 35.5 Å². The first-order valence-corrected chi connectivity index (χ1v) is 5.44. The number of aryl methyl sites for hydroxylation is 1. The molecule has 1 aromatic heterocycles. The number of nitrogens with zero attached hydrogens (tertiary/aromatic N) is 2. The van der Waals surface area contributed by atoms with Gasteiger partial charge in [0.1, 0.15) is 19.0 Å². The summed E-state index contributed by atoms with van der Waals surface area (Å²) in [6, 6.07) is 4.24. The summed E-state index contributed by atoms with van der Waals surface area (Å²) in [6.45, 7) is 1.24. The van der Waals surface area contributed by atoms with Crippen molar-refractivity contribution in [3.8, 4) is 11.5 Å². The molecule has 7 heteroatoms. The van der Waals surface area contributed by atoms with Crippen LogP contribution in [0.4, 0.5) is 4.39 Å². The number of carboxylic acid groups (broad SMARTS) is 1. The minimum absolute atomic E-state index is 0.104. The third kappa shape index (κ3) is 3.35. The van der Waals surface area contributed by atoms with Gasteiger partial charge >= 0.3 is 5.97 Å². The Balaban J connectivity index is 2.12. The molecule has 0 unspecified atom stereocenters. The molecule has 0 radical (unpaired) electrons. The van der Waals surface area contributed by atoms with Crippen LogP contribution in [0, 0.1) is 12.7 Å². The van der Waals surface area contributed by atoms with Crippen molar-refractivity contribution in [1.82, 2.24) is 10.2 Å². The molecule has 19 heavy (non-hydrogen) atoms. The second-order valence-electron chi connectivity index (χ2n) is 3.85. The number of rotatable bonds is 5. The Morgan fingerprint density at radius 3 is 3.00 bits per heavy atom. The Labute approximate surface area is 107 Å². The SMILES string of the molecule is Cc1ccc(F)cc1-c1nnc(COCC(=O)O)o1. The third-order valence-electron chi connectivity index (χ3n) is 2.35. The van der Waals surface area contributed by atoms with Gasteiger partial charge in [0.05, 0.1) is 0 Å². The zero-order valence-electron chi connectivity index (χ0n) is 10.1. The van der Waals surface area contributed by atoms with E-state index >= 15 is 0 Å². The summed E-state index contributed by atoms with van der Waals surface area (Å²) in [7, 11) is 0. The Hall–Kier alpha value is -2.28. The first-order chi connectivity index (χ1) is 9.06. The van der Waals surface area contributed by atoms with Crippen LogP contribution in [0.3, 0.4) is 0 Å². The molecule has 0 aliphatic rings. The molecule has 2 aromatic rings. The van der Waals surface area contributed by atoms with Crippen molar-refractivity contribution in [2.45, 2.75) is 13.5 Å². The van der Waals surface area contributed by atoms with Crippen LogP contribution in [0.1, 0.15) is 11.5 Å². The molecule has 1 heterocycles.